The second-order valence-electron chi connectivity index (χ2n) is 9.22. The number of likely N-dealkylation sites (N-methyl/N-ethyl adjacent to an activating group) is 1. The lowest BCUT2D eigenvalue weighted by molar-refractivity contribution is -0.146. The minimum Gasteiger partial charge on any atom is -0.469 e. The lowest BCUT2D eigenvalue weighted by atomic mass is 9.84. The molecule has 1 aromatic carbocycles. The highest BCUT2D eigenvalue weighted by Gasteiger charge is 2.34. The molecule has 0 bridgehead atoms. The Balaban J connectivity index is 1.39. The molecule has 2 aliphatic rings. The van der Waals surface area contributed by atoms with Crippen LogP contribution < -0.4 is 5.32 Å². The van der Waals surface area contributed by atoms with E-state index < -0.39 is 11.9 Å². The third-order valence-corrected chi connectivity index (χ3v) is 8.00. The number of halogens is 1. The number of aromatic nitrogens is 2. The molecule has 2 aromatic heterocycles. The Bertz CT molecular complexity index is 1380. The number of amides is 2. The number of ether oxygens (including phenoxy) is 1. The zero-order valence-corrected chi connectivity index (χ0v) is 21.5. The average Bonchev–Trinajstić information content (AvgIpc) is 3.48. The highest BCUT2D eigenvalue weighted by molar-refractivity contribution is 7.13. The Morgan fingerprint density at radius 2 is 2.11 bits per heavy atom. The van der Waals surface area contributed by atoms with E-state index in [1.54, 1.807) is 24.3 Å². The Morgan fingerprint density at radius 3 is 2.92 bits per heavy atom. The summed E-state index contributed by atoms with van der Waals surface area (Å²) in [6, 6.07) is 6.44. The van der Waals surface area contributed by atoms with Crippen molar-refractivity contribution in [1.82, 2.24) is 20.2 Å². The standard InChI is InChI=1S/C25H26ClN5O4S/c1-31-8-7-18-21(12-31)36-24(30-18)23(33)29-19-10-13(25(34)35-2)3-5-17(19)28-22(32)20-11-14-9-15(26)4-6-16(14)27-20/h4,6,9,11,13,19,27H,3,5,7-8,10,12H2,1-2H3,(H,29,33)/t13-,19-/m1/s1. The van der Waals surface area contributed by atoms with Gasteiger partial charge in [0.1, 0.15) is 5.69 Å². The molecular weight excluding hydrogens is 502 g/mol. The van der Waals surface area contributed by atoms with Crippen molar-refractivity contribution in [3.05, 3.63) is 50.6 Å². The van der Waals surface area contributed by atoms with Gasteiger partial charge in [-0.05, 0) is 50.6 Å². The molecule has 2 amide bonds. The van der Waals surface area contributed by atoms with Crippen LogP contribution in [0.1, 0.15) is 50.1 Å². The number of aromatic amines is 1. The van der Waals surface area contributed by atoms with Crippen molar-refractivity contribution < 1.29 is 19.1 Å². The quantitative estimate of drug-likeness (QED) is 0.500. The van der Waals surface area contributed by atoms with Gasteiger partial charge in [-0.25, -0.2) is 9.98 Å². The van der Waals surface area contributed by atoms with E-state index in [1.807, 2.05) is 7.05 Å². The number of methoxy groups -OCH3 is 1. The van der Waals surface area contributed by atoms with Gasteiger partial charge < -0.3 is 19.9 Å². The molecule has 1 aliphatic heterocycles. The number of nitrogens with one attached hydrogen (secondary N) is 2. The van der Waals surface area contributed by atoms with Crippen LogP contribution >= 0.6 is 22.9 Å². The number of carbonyl (C=O) groups is 3. The van der Waals surface area contributed by atoms with Gasteiger partial charge in [0.05, 0.1) is 24.8 Å². The second kappa shape index (κ2) is 10.1. The highest BCUT2D eigenvalue weighted by atomic mass is 35.5. The van der Waals surface area contributed by atoms with Gasteiger partial charge in [-0.3, -0.25) is 14.4 Å². The molecule has 0 saturated heterocycles. The number of nitrogens with zero attached hydrogens (tertiary/aromatic N) is 3. The molecular formula is C25H26ClN5O4S. The number of fused-ring (bicyclic) bond motifs is 2. The molecule has 11 heteroatoms. The summed E-state index contributed by atoms with van der Waals surface area (Å²) in [5.41, 5.74) is 2.60. The summed E-state index contributed by atoms with van der Waals surface area (Å²) in [7, 11) is 3.39. The first kappa shape index (κ1) is 24.6. The van der Waals surface area contributed by atoms with Gasteiger partial charge in [0.2, 0.25) is 0 Å². The number of hydrogen-bond acceptors (Lipinski definition) is 7. The van der Waals surface area contributed by atoms with Crippen molar-refractivity contribution in [2.24, 2.45) is 10.9 Å². The summed E-state index contributed by atoms with van der Waals surface area (Å²) >= 11 is 7.45. The lowest BCUT2D eigenvalue weighted by Gasteiger charge is -2.29. The molecule has 0 radical (unpaired) electrons. The first-order valence-corrected chi connectivity index (χ1v) is 13.0. The predicted octanol–water partition coefficient (Wildman–Crippen LogP) is 3.62. The van der Waals surface area contributed by atoms with Gasteiger partial charge in [0, 0.05) is 46.0 Å². The van der Waals surface area contributed by atoms with E-state index in [0.29, 0.717) is 40.7 Å². The largest absolute Gasteiger partial charge is 0.469 e. The zero-order chi connectivity index (χ0) is 25.4. The molecule has 5 rings (SSSR count). The fraction of sp³-hybridized carbons (Fsp3) is 0.400. The second-order valence-corrected chi connectivity index (χ2v) is 10.7. The molecule has 2 atom stereocenters. The van der Waals surface area contributed by atoms with Gasteiger partial charge in [0.25, 0.3) is 11.8 Å². The molecule has 1 aliphatic carbocycles. The Hall–Kier alpha value is -3.08. The molecule has 0 unspecified atom stereocenters. The van der Waals surface area contributed by atoms with Crippen molar-refractivity contribution in [2.45, 2.75) is 38.3 Å². The molecule has 2 N–H and O–H groups in total. The fourth-order valence-corrected chi connectivity index (χ4v) is 6.01. The third-order valence-electron chi connectivity index (χ3n) is 6.69. The maximum Gasteiger partial charge on any atom is 0.308 e. The van der Waals surface area contributed by atoms with Crippen LogP contribution in [0.2, 0.25) is 5.02 Å². The number of hydrogen-bond donors (Lipinski definition) is 2. The van der Waals surface area contributed by atoms with E-state index in [1.165, 1.54) is 18.4 Å². The van der Waals surface area contributed by atoms with E-state index >= 15 is 0 Å². The zero-order valence-electron chi connectivity index (χ0n) is 20.0. The average molecular weight is 528 g/mol. The molecule has 9 nitrogen and oxygen atoms in total. The molecule has 3 heterocycles. The predicted molar refractivity (Wildman–Crippen MR) is 138 cm³/mol. The summed E-state index contributed by atoms with van der Waals surface area (Å²) in [6.07, 6.45) is 1.99. The minimum atomic E-state index is -0.582. The van der Waals surface area contributed by atoms with Crippen molar-refractivity contribution in [3.8, 4) is 0 Å². The van der Waals surface area contributed by atoms with Crippen molar-refractivity contribution in [1.29, 1.82) is 0 Å². The van der Waals surface area contributed by atoms with Crippen LogP contribution in [0.15, 0.2) is 29.3 Å². The number of H-pyrrole nitrogens is 1. The summed E-state index contributed by atoms with van der Waals surface area (Å²) in [4.78, 5) is 53.7. The minimum absolute atomic E-state index is 0.306. The smallest absolute Gasteiger partial charge is 0.308 e. The summed E-state index contributed by atoms with van der Waals surface area (Å²) in [5.74, 6) is -1.49. The third kappa shape index (κ3) is 5.07. The number of rotatable bonds is 4. The van der Waals surface area contributed by atoms with Crippen LogP contribution in [-0.4, -0.2) is 65.1 Å². The van der Waals surface area contributed by atoms with Crippen LogP contribution in [0, 0.1) is 5.92 Å². The maximum absolute atomic E-state index is 13.2. The number of thiazole rings is 1. The number of benzene rings is 1. The normalized spacial score (nSPS) is 21.4. The Labute approximate surface area is 216 Å². The molecule has 36 heavy (non-hydrogen) atoms. The van der Waals surface area contributed by atoms with Gasteiger partial charge in [0.15, 0.2) is 5.01 Å². The van der Waals surface area contributed by atoms with E-state index in [2.05, 4.69) is 25.2 Å². The van der Waals surface area contributed by atoms with E-state index in [4.69, 9.17) is 16.3 Å². The Morgan fingerprint density at radius 1 is 1.28 bits per heavy atom. The van der Waals surface area contributed by atoms with Gasteiger partial charge in [-0.15, -0.1) is 11.3 Å². The summed E-state index contributed by atoms with van der Waals surface area (Å²) in [5, 5.41) is 4.75. The lowest BCUT2D eigenvalue weighted by Crippen LogP contribution is -2.46. The highest BCUT2D eigenvalue weighted by Crippen LogP contribution is 2.28. The Kier molecular flexibility index (Phi) is 6.92. The van der Waals surface area contributed by atoms with Crippen LogP contribution in [0.5, 0.6) is 0 Å². The van der Waals surface area contributed by atoms with E-state index in [-0.39, 0.29) is 17.8 Å². The van der Waals surface area contributed by atoms with Gasteiger partial charge in [-0.2, -0.15) is 0 Å². The number of carbonyl (C=O) groups excluding carboxylic acids is 3. The first-order chi connectivity index (χ1) is 17.3. The molecule has 0 spiro atoms. The van der Waals surface area contributed by atoms with Crippen LogP contribution in [0.25, 0.3) is 10.9 Å². The van der Waals surface area contributed by atoms with Gasteiger partial charge in [-0.1, -0.05) is 11.6 Å². The van der Waals surface area contributed by atoms with Crippen molar-refractivity contribution >= 4 is 57.3 Å². The molecule has 1 fully saturated rings. The SMILES string of the molecule is COC(=O)[C@@H]1CCC(=NC(=O)c2cc3cc(Cl)ccc3[nH]2)[C@H](NC(=O)c2nc3c(s2)CN(C)CC3)C1. The summed E-state index contributed by atoms with van der Waals surface area (Å²) < 4.78 is 4.93. The van der Waals surface area contributed by atoms with Crippen molar-refractivity contribution in [2.75, 3.05) is 20.7 Å². The first-order valence-electron chi connectivity index (χ1n) is 11.8. The van der Waals surface area contributed by atoms with Crippen LogP contribution in [0.3, 0.4) is 0 Å². The van der Waals surface area contributed by atoms with E-state index in [0.717, 1.165) is 41.0 Å². The van der Waals surface area contributed by atoms with Crippen molar-refractivity contribution in [3.63, 3.8) is 0 Å². The van der Waals surface area contributed by atoms with Crippen LogP contribution in [-0.2, 0) is 22.5 Å². The maximum atomic E-state index is 13.2. The van der Waals surface area contributed by atoms with Gasteiger partial charge >= 0.3 is 5.97 Å². The summed E-state index contributed by atoms with van der Waals surface area (Å²) in [6.45, 7) is 1.67. The monoisotopic (exact) mass is 527 g/mol. The molecule has 188 valence electrons. The fourth-order valence-electron chi connectivity index (χ4n) is 4.74. The molecule has 1 saturated carbocycles. The molecule has 3 aromatic rings. The van der Waals surface area contributed by atoms with E-state index in [9.17, 15) is 14.4 Å². The number of esters is 1. The topological polar surface area (TPSA) is 117 Å². The van der Waals surface area contributed by atoms with Crippen LogP contribution in [0.4, 0.5) is 0 Å². The number of aliphatic imine (C=N–C) groups is 1.